The third-order valence-corrected chi connectivity index (χ3v) is 5.54. The maximum atomic E-state index is 12.0. The summed E-state index contributed by atoms with van der Waals surface area (Å²) < 4.78 is 26.9. The van der Waals surface area contributed by atoms with Crippen LogP contribution in [0, 0.1) is 0 Å². The van der Waals surface area contributed by atoms with Crippen LogP contribution in [0.25, 0.3) is 0 Å². The number of nitrogens with one attached hydrogen (secondary N) is 2. The summed E-state index contributed by atoms with van der Waals surface area (Å²) in [5.74, 6) is 0.257. The monoisotopic (exact) mass is 303 g/mol. The van der Waals surface area contributed by atoms with E-state index in [0.29, 0.717) is 6.04 Å². The van der Waals surface area contributed by atoms with Gasteiger partial charge in [-0.15, -0.1) is 0 Å². The van der Waals surface area contributed by atoms with Gasteiger partial charge in [-0.2, -0.15) is 0 Å². The second-order valence-electron chi connectivity index (χ2n) is 6.46. The van der Waals surface area contributed by atoms with E-state index >= 15 is 0 Å². The standard InChI is InChI=1S/C14H29N3O2S/c1-12(2)15-8-3-4-10-20(18,19)16-13-7-9-17(11-13)14-5-6-14/h12-16H,3-11H2,1-2H3. The maximum Gasteiger partial charge on any atom is 0.211 e. The van der Waals surface area contributed by atoms with Gasteiger partial charge in [-0.05, 0) is 38.6 Å². The lowest BCUT2D eigenvalue weighted by atomic mass is 10.3. The first-order valence-corrected chi connectivity index (χ1v) is 9.59. The summed E-state index contributed by atoms with van der Waals surface area (Å²) in [6.07, 6.45) is 5.20. The van der Waals surface area contributed by atoms with Crippen molar-refractivity contribution in [3.8, 4) is 0 Å². The lowest BCUT2D eigenvalue weighted by Gasteiger charge is -2.16. The van der Waals surface area contributed by atoms with E-state index in [-0.39, 0.29) is 11.8 Å². The van der Waals surface area contributed by atoms with Gasteiger partial charge >= 0.3 is 0 Å². The fourth-order valence-corrected chi connectivity index (χ4v) is 4.18. The van der Waals surface area contributed by atoms with Crippen LogP contribution in [0.15, 0.2) is 0 Å². The number of nitrogens with zero attached hydrogens (tertiary/aromatic N) is 1. The van der Waals surface area contributed by atoms with Crippen LogP contribution in [-0.2, 0) is 10.0 Å². The molecule has 0 spiro atoms. The van der Waals surface area contributed by atoms with E-state index in [1.165, 1.54) is 12.8 Å². The highest BCUT2D eigenvalue weighted by atomic mass is 32.2. The number of likely N-dealkylation sites (tertiary alicyclic amines) is 1. The molecule has 6 heteroatoms. The molecule has 1 saturated heterocycles. The zero-order chi connectivity index (χ0) is 14.6. The van der Waals surface area contributed by atoms with Crippen LogP contribution in [-0.4, -0.2) is 56.8 Å². The molecule has 2 N–H and O–H groups in total. The molecule has 20 heavy (non-hydrogen) atoms. The summed E-state index contributed by atoms with van der Waals surface area (Å²) in [6.45, 7) is 7.05. The Balaban J connectivity index is 1.61. The fraction of sp³-hybridized carbons (Fsp3) is 1.00. The molecule has 1 unspecified atom stereocenters. The van der Waals surface area contributed by atoms with Gasteiger partial charge in [0.25, 0.3) is 0 Å². The molecular weight excluding hydrogens is 274 g/mol. The first-order chi connectivity index (χ1) is 9.46. The third kappa shape index (κ3) is 5.68. The van der Waals surface area contributed by atoms with Crippen LogP contribution < -0.4 is 10.0 Å². The molecule has 5 nitrogen and oxygen atoms in total. The Morgan fingerprint density at radius 3 is 2.60 bits per heavy atom. The van der Waals surface area contributed by atoms with Gasteiger partial charge in [-0.3, -0.25) is 4.90 Å². The van der Waals surface area contributed by atoms with Gasteiger partial charge in [0.15, 0.2) is 0 Å². The molecule has 118 valence electrons. The molecule has 1 aliphatic heterocycles. The number of unbranched alkanes of at least 4 members (excludes halogenated alkanes) is 1. The minimum absolute atomic E-state index is 0.134. The van der Waals surface area contributed by atoms with E-state index in [1.54, 1.807) is 0 Å². The second kappa shape index (κ2) is 7.20. The maximum absolute atomic E-state index is 12.0. The number of sulfonamides is 1. The lowest BCUT2D eigenvalue weighted by molar-refractivity contribution is 0.322. The van der Waals surface area contributed by atoms with Crippen molar-refractivity contribution in [3.63, 3.8) is 0 Å². The third-order valence-electron chi connectivity index (χ3n) is 4.02. The van der Waals surface area contributed by atoms with Crippen molar-refractivity contribution in [2.24, 2.45) is 0 Å². The van der Waals surface area contributed by atoms with Crippen LogP contribution in [0.3, 0.4) is 0 Å². The number of hydrogen-bond acceptors (Lipinski definition) is 4. The van der Waals surface area contributed by atoms with Gasteiger partial charge < -0.3 is 5.32 Å². The van der Waals surface area contributed by atoms with Crippen LogP contribution in [0.2, 0.25) is 0 Å². The summed E-state index contributed by atoms with van der Waals surface area (Å²) in [4.78, 5) is 2.43. The van der Waals surface area contributed by atoms with E-state index in [9.17, 15) is 8.42 Å². The molecule has 2 rings (SSSR count). The Morgan fingerprint density at radius 2 is 1.95 bits per heavy atom. The molecule has 1 atom stereocenters. The minimum Gasteiger partial charge on any atom is -0.315 e. The Morgan fingerprint density at radius 1 is 1.20 bits per heavy atom. The van der Waals surface area contributed by atoms with Crippen molar-refractivity contribution >= 4 is 10.0 Å². The Hall–Kier alpha value is -0.170. The van der Waals surface area contributed by atoms with Gasteiger partial charge in [0.1, 0.15) is 0 Å². The highest BCUT2D eigenvalue weighted by molar-refractivity contribution is 7.89. The van der Waals surface area contributed by atoms with Gasteiger partial charge in [0.2, 0.25) is 10.0 Å². The molecular formula is C14H29N3O2S. The molecule has 0 aromatic rings. The van der Waals surface area contributed by atoms with Gasteiger partial charge in [-0.1, -0.05) is 13.8 Å². The molecule has 2 fully saturated rings. The van der Waals surface area contributed by atoms with Crippen molar-refractivity contribution in [1.29, 1.82) is 0 Å². The predicted octanol–water partition coefficient (Wildman–Crippen LogP) is 0.921. The highest BCUT2D eigenvalue weighted by Crippen LogP contribution is 2.29. The summed E-state index contributed by atoms with van der Waals surface area (Å²) >= 11 is 0. The smallest absolute Gasteiger partial charge is 0.211 e. The van der Waals surface area contributed by atoms with E-state index in [4.69, 9.17) is 0 Å². The average molecular weight is 303 g/mol. The molecule has 0 amide bonds. The Kier molecular flexibility index (Phi) is 5.84. The normalized spacial score (nSPS) is 24.6. The number of rotatable bonds is 9. The summed E-state index contributed by atoms with van der Waals surface area (Å²) in [5.41, 5.74) is 0. The molecule has 1 heterocycles. The summed E-state index contributed by atoms with van der Waals surface area (Å²) in [5, 5.41) is 3.31. The minimum atomic E-state index is -3.10. The van der Waals surface area contributed by atoms with Crippen LogP contribution in [0.4, 0.5) is 0 Å². The zero-order valence-corrected chi connectivity index (χ0v) is 13.6. The van der Waals surface area contributed by atoms with E-state index in [2.05, 4.69) is 28.8 Å². The van der Waals surface area contributed by atoms with Gasteiger partial charge in [0, 0.05) is 31.2 Å². The van der Waals surface area contributed by atoms with Crippen molar-refractivity contribution < 1.29 is 8.42 Å². The lowest BCUT2D eigenvalue weighted by Crippen LogP contribution is -2.38. The first kappa shape index (κ1) is 16.2. The van der Waals surface area contributed by atoms with E-state index in [1.807, 2.05) is 0 Å². The Labute approximate surface area is 123 Å². The van der Waals surface area contributed by atoms with Gasteiger partial charge in [-0.25, -0.2) is 13.1 Å². The molecule has 0 radical (unpaired) electrons. The van der Waals surface area contributed by atoms with Crippen LogP contribution >= 0.6 is 0 Å². The molecule has 1 saturated carbocycles. The molecule has 2 aliphatic rings. The zero-order valence-electron chi connectivity index (χ0n) is 12.8. The SMILES string of the molecule is CC(C)NCCCCS(=O)(=O)NC1CCN(C2CC2)C1. The van der Waals surface area contributed by atoms with Crippen LogP contribution in [0.5, 0.6) is 0 Å². The van der Waals surface area contributed by atoms with Crippen molar-refractivity contribution in [2.45, 2.75) is 64.1 Å². The van der Waals surface area contributed by atoms with Crippen molar-refractivity contribution in [1.82, 2.24) is 14.9 Å². The largest absolute Gasteiger partial charge is 0.315 e. The fourth-order valence-electron chi connectivity index (χ4n) is 2.78. The van der Waals surface area contributed by atoms with E-state index in [0.717, 1.165) is 44.9 Å². The molecule has 1 aliphatic carbocycles. The quantitative estimate of drug-likeness (QED) is 0.622. The second-order valence-corrected chi connectivity index (χ2v) is 8.34. The molecule has 0 aromatic carbocycles. The summed E-state index contributed by atoms with van der Waals surface area (Å²) in [6, 6.07) is 1.35. The average Bonchev–Trinajstić information content (AvgIpc) is 3.10. The topological polar surface area (TPSA) is 61.4 Å². The summed E-state index contributed by atoms with van der Waals surface area (Å²) in [7, 11) is -3.10. The van der Waals surface area contributed by atoms with Crippen molar-refractivity contribution in [3.05, 3.63) is 0 Å². The molecule has 0 aromatic heterocycles. The van der Waals surface area contributed by atoms with Gasteiger partial charge in [0.05, 0.1) is 5.75 Å². The van der Waals surface area contributed by atoms with E-state index < -0.39 is 10.0 Å². The highest BCUT2D eigenvalue weighted by Gasteiger charge is 2.35. The van der Waals surface area contributed by atoms with Crippen LogP contribution in [0.1, 0.15) is 46.0 Å². The number of hydrogen-bond donors (Lipinski definition) is 2. The Bertz CT molecular complexity index is 393. The molecule has 0 bridgehead atoms. The first-order valence-electron chi connectivity index (χ1n) is 7.94. The van der Waals surface area contributed by atoms with Crippen molar-refractivity contribution in [2.75, 3.05) is 25.4 Å². The predicted molar refractivity (Wildman–Crippen MR) is 82.3 cm³/mol.